The number of nitrogens with one attached hydrogen (secondary N) is 2. The first-order chi connectivity index (χ1) is 10.7. The Morgan fingerprint density at radius 3 is 2.70 bits per heavy atom. The summed E-state index contributed by atoms with van der Waals surface area (Å²) in [5.41, 5.74) is 1.49. The molecule has 1 aromatic rings. The molecule has 5 nitrogen and oxygen atoms in total. The van der Waals surface area contributed by atoms with Gasteiger partial charge in [-0.3, -0.25) is 0 Å². The van der Waals surface area contributed by atoms with Gasteiger partial charge in [0.2, 0.25) is 0 Å². The molecule has 132 valence electrons. The molecule has 0 bridgehead atoms. The van der Waals surface area contributed by atoms with E-state index < -0.39 is 0 Å². The zero-order valence-electron chi connectivity index (χ0n) is 14.0. The maximum atomic E-state index is 13.6. The zero-order valence-corrected chi connectivity index (χ0v) is 16.4. The van der Waals surface area contributed by atoms with Crippen LogP contribution in [0.5, 0.6) is 0 Å². The molecule has 0 fully saturated rings. The monoisotopic (exact) mass is 439 g/mol. The SMILES string of the molecule is CCNC(=NCc1ccc(F)c(COC)c1)NCCOCC.I. The summed E-state index contributed by atoms with van der Waals surface area (Å²) < 4.78 is 23.8. The predicted molar refractivity (Wildman–Crippen MR) is 102 cm³/mol. The molecule has 0 aliphatic heterocycles. The highest BCUT2D eigenvalue weighted by molar-refractivity contribution is 14.0. The van der Waals surface area contributed by atoms with Crippen LogP contribution in [0, 0.1) is 5.82 Å². The molecule has 0 saturated heterocycles. The van der Waals surface area contributed by atoms with Gasteiger partial charge in [-0.1, -0.05) is 6.07 Å². The van der Waals surface area contributed by atoms with Gasteiger partial charge >= 0.3 is 0 Å². The van der Waals surface area contributed by atoms with Gasteiger partial charge in [-0.05, 0) is 31.5 Å². The van der Waals surface area contributed by atoms with Crippen molar-refractivity contribution in [3.63, 3.8) is 0 Å². The summed E-state index contributed by atoms with van der Waals surface area (Å²) in [5, 5.41) is 6.36. The summed E-state index contributed by atoms with van der Waals surface area (Å²) in [5.74, 6) is 0.469. The summed E-state index contributed by atoms with van der Waals surface area (Å²) >= 11 is 0. The lowest BCUT2D eigenvalue weighted by Gasteiger charge is -2.11. The van der Waals surface area contributed by atoms with Crippen LogP contribution in [0.1, 0.15) is 25.0 Å². The van der Waals surface area contributed by atoms with E-state index in [9.17, 15) is 4.39 Å². The topological polar surface area (TPSA) is 54.9 Å². The van der Waals surface area contributed by atoms with E-state index in [1.807, 2.05) is 13.8 Å². The zero-order chi connectivity index (χ0) is 16.2. The Morgan fingerprint density at radius 1 is 1.26 bits per heavy atom. The molecular weight excluding hydrogens is 412 g/mol. The second-order valence-electron chi connectivity index (χ2n) is 4.68. The third kappa shape index (κ3) is 9.07. The Kier molecular flexibility index (Phi) is 13.0. The van der Waals surface area contributed by atoms with Crippen molar-refractivity contribution in [2.24, 2.45) is 4.99 Å². The summed E-state index contributed by atoms with van der Waals surface area (Å²) in [6, 6.07) is 4.97. The molecule has 0 spiro atoms. The standard InChI is InChI=1S/C16H26FN3O2.HI/c1-4-18-16(19-8-9-22-5-2)20-11-13-6-7-15(17)14(10-13)12-21-3;/h6-7,10H,4-5,8-9,11-12H2,1-3H3,(H2,18,19,20);1H. The van der Waals surface area contributed by atoms with Crippen LogP contribution >= 0.6 is 24.0 Å². The molecule has 23 heavy (non-hydrogen) atoms. The molecule has 1 aromatic carbocycles. The van der Waals surface area contributed by atoms with Gasteiger partial charge in [-0.2, -0.15) is 0 Å². The van der Waals surface area contributed by atoms with E-state index >= 15 is 0 Å². The van der Waals surface area contributed by atoms with Crippen molar-refractivity contribution in [1.29, 1.82) is 0 Å². The van der Waals surface area contributed by atoms with Crippen molar-refractivity contribution in [2.75, 3.05) is 33.4 Å². The van der Waals surface area contributed by atoms with Gasteiger partial charge in [-0.25, -0.2) is 9.38 Å². The lowest BCUT2D eigenvalue weighted by Crippen LogP contribution is -2.39. The maximum absolute atomic E-state index is 13.6. The van der Waals surface area contributed by atoms with Crippen LogP contribution < -0.4 is 10.6 Å². The van der Waals surface area contributed by atoms with Crippen molar-refractivity contribution in [3.8, 4) is 0 Å². The number of methoxy groups -OCH3 is 1. The minimum Gasteiger partial charge on any atom is -0.380 e. The number of halogens is 2. The smallest absolute Gasteiger partial charge is 0.191 e. The van der Waals surface area contributed by atoms with E-state index in [1.165, 1.54) is 6.07 Å². The molecule has 0 aromatic heterocycles. The first kappa shape index (κ1) is 22.1. The maximum Gasteiger partial charge on any atom is 0.191 e. The van der Waals surface area contributed by atoms with E-state index in [-0.39, 0.29) is 36.4 Å². The molecule has 0 aliphatic rings. The summed E-state index contributed by atoms with van der Waals surface area (Å²) in [6.07, 6.45) is 0. The third-order valence-electron chi connectivity index (χ3n) is 2.92. The Hall–Kier alpha value is -0.930. The van der Waals surface area contributed by atoms with Gasteiger partial charge in [-0.15, -0.1) is 24.0 Å². The Bertz CT molecular complexity index is 473. The second kappa shape index (κ2) is 13.5. The molecule has 0 saturated carbocycles. The molecule has 0 unspecified atom stereocenters. The van der Waals surface area contributed by atoms with Crippen molar-refractivity contribution < 1.29 is 13.9 Å². The highest BCUT2D eigenvalue weighted by Gasteiger charge is 2.04. The number of hydrogen-bond acceptors (Lipinski definition) is 3. The van der Waals surface area contributed by atoms with E-state index in [1.54, 1.807) is 19.2 Å². The highest BCUT2D eigenvalue weighted by atomic mass is 127. The van der Waals surface area contributed by atoms with E-state index in [0.29, 0.717) is 31.9 Å². The van der Waals surface area contributed by atoms with E-state index in [4.69, 9.17) is 9.47 Å². The van der Waals surface area contributed by atoms with Crippen LogP contribution in [0.15, 0.2) is 23.2 Å². The number of nitrogens with zero attached hydrogens (tertiary/aromatic N) is 1. The lowest BCUT2D eigenvalue weighted by molar-refractivity contribution is 0.152. The van der Waals surface area contributed by atoms with Gasteiger partial charge in [0.05, 0.1) is 19.8 Å². The average Bonchev–Trinajstić information content (AvgIpc) is 2.52. The molecular formula is C16H27FIN3O2. The van der Waals surface area contributed by atoms with Gasteiger partial charge in [0, 0.05) is 32.4 Å². The van der Waals surface area contributed by atoms with E-state index in [0.717, 1.165) is 18.1 Å². The van der Waals surface area contributed by atoms with Crippen LogP contribution in [0.4, 0.5) is 4.39 Å². The molecule has 0 atom stereocenters. The molecule has 0 heterocycles. The fraction of sp³-hybridized carbons (Fsp3) is 0.562. The van der Waals surface area contributed by atoms with Crippen LogP contribution in [0.3, 0.4) is 0 Å². The van der Waals surface area contributed by atoms with Crippen molar-refractivity contribution in [3.05, 3.63) is 35.1 Å². The van der Waals surface area contributed by atoms with Gasteiger partial charge in [0.1, 0.15) is 5.82 Å². The fourth-order valence-corrected chi connectivity index (χ4v) is 1.89. The van der Waals surface area contributed by atoms with Crippen molar-refractivity contribution in [2.45, 2.75) is 27.0 Å². The number of hydrogen-bond donors (Lipinski definition) is 2. The number of benzene rings is 1. The molecule has 2 N–H and O–H groups in total. The largest absolute Gasteiger partial charge is 0.380 e. The van der Waals surface area contributed by atoms with Crippen LogP contribution in [-0.2, 0) is 22.6 Å². The molecule has 0 amide bonds. The summed E-state index contributed by atoms with van der Waals surface area (Å²) in [7, 11) is 1.55. The van der Waals surface area contributed by atoms with Crippen LogP contribution in [0.2, 0.25) is 0 Å². The lowest BCUT2D eigenvalue weighted by atomic mass is 10.1. The first-order valence-corrected chi connectivity index (χ1v) is 7.57. The molecule has 0 aliphatic carbocycles. The minimum absolute atomic E-state index is 0. The fourth-order valence-electron chi connectivity index (χ4n) is 1.89. The molecule has 7 heteroatoms. The Labute approximate surface area is 155 Å². The Balaban J connectivity index is 0.00000484. The summed E-state index contributed by atoms with van der Waals surface area (Å²) in [6.45, 7) is 7.51. The highest BCUT2D eigenvalue weighted by Crippen LogP contribution is 2.12. The summed E-state index contributed by atoms with van der Waals surface area (Å²) in [4.78, 5) is 4.49. The quantitative estimate of drug-likeness (QED) is 0.269. The van der Waals surface area contributed by atoms with Crippen molar-refractivity contribution >= 4 is 29.9 Å². The van der Waals surface area contributed by atoms with Gasteiger partial charge in [0.15, 0.2) is 5.96 Å². The Morgan fingerprint density at radius 2 is 2.04 bits per heavy atom. The third-order valence-corrected chi connectivity index (χ3v) is 2.92. The van der Waals surface area contributed by atoms with Crippen molar-refractivity contribution in [1.82, 2.24) is 10.6 Å². The molecule has 1 rings (SSSR count). The second-order valence-corrected chi connectivity index (χ2v) is 4.68. The predicted octanol–water partition coefficient (Wildman–Crippen LogP) is 2.68. The van der Waals surface area contributed by atoms with Gasteiger partial charge < -0.3 is 20.1 Å². The van der Waals surface area contributed by atoms with Crippen LogP contribution in [-0.4, -0.2) is 39.4 Å². The van der Waals surface area contributed by atoms with Gasteiger partial charge in [0.25, 0.3) is 0 Å². The normalized spacial score (nSPS) is 11.0. The molecule has 0 radical (unpaired) electrons. The van der Waals surface area contributed by atoms with Crippen LogP contribution in [0.25, 0.3) is 0 Å². The number of ether oxygens (including phenoxy) is 2. The number of aliphatic imine (C=N–C) groups is 1. The minimum atomic E-state index is -0.253. The first-order valence-electron chi connectivity index (χ1n) is 7.57. The number of rotatable bonds is 9. The number of guanidine groups is 1. The average molecular weight is 439 g/mol. The van der Waals surface area contributed by atoms with E-state index in [2.05, 4.69) is 15.6 Å².